The van der Waals surface area contributed by atoms with Gasteiger partial charge in [-0.15, -0.1) is 0 Å². The summed E-state index contributed by atoms with van der Waals surface area (Å²) in [5, 5.41) is 6.56. The number of para-hydroxylation sites is 1. The average Bonchev–Trinajstić information content (AvgIpc) is 3.02. The highest BCUT2D eigenvalue weighted by molar-refractivity contribution is 7.99. The Morgan fingerprint density at radius 1 is 1.07 bits per heavy atom. The molecular formula is C21H20N2O4S. The number of aryl methyl sites for hydroxylation is 2. The van der Waals surface area contributed by atoms with Crippen molar-refractivity contribution in [1.82, 2.24) is 5.16 Å². The van der Waals surface area contributed by atoms with Crippen molar-refractivity contribution in [2.75, 3.05) is 5.32 Å². The van der Waals surface area contributed by atoms with Gasteiger partial charge < -0.3 is 14.6 Å². The standard InChI is InChI=1S/C21H20N2O4S/c1-13-19(14(2)27-23-13)21(25)26-15(3)20(24)22-17-11-7-8-12-18(17)28-16-9-5-4-6-10-16/h4-12,15H,1-3H3,(H,22,24)/t15-/m0/s1. The molecule has 28 heavy (non-hydrogen) atoms. The summed E-state index contributed by atoms with van der Waals surface area (Å²) < 4.78 is 10.3. The topological polar surface area (TPSA) is 81.4 Å². The first-order valence-corrected chi connectivity index (χ1v) is 9.54. The van der Waals surface area contributed by atoms with Crippen LogP contribution in [0, 0.1) is 13.8 Å². The quantitative estimate of drug-likeness (QED) is 0.612. The molecule has 1 amide bonds. The first-order valence-electron chi connectivity index (χ1n) is 8.72. The molecule has 7 heteroatoms. The molecule has 2 aromatic carbocycles. The van der Waals surface area contributed by atoms with Crippen LogP contribution in [0.25, 0.3) is 0 Å². The molecule has 0 fully saturated rings. The van der Waals surface area contributed by atoms with E-state index in [1.165, 1.54) is 6.92 Å². The molecule has 0 aliphatic carbocycles. The highest BCUT2D eigenvalue weighted by atomic mass is 32.2. The number of anilines is 1. The van der Waals surface area contributed by atoms with Gasteiger partial charge >= 0.3 is 5.97 Å². The van der Waals surface area contributed by atoms with Crippen LogP contribution in [0.4, 0.5) is 5.69 Å². The highest BCUT2D eigenvalue weighted by Gasteiger charge is 2.24. The average molecular weight is 396 g/mol. The molecule has 3 aromatic rings. The van der Waals surface area contributed by atoms with Crippen LogP contribution in [0.1, 0.15) is 28.7 Å². The molecule has 0 bridgehead atoms. The summed E-state index contributed by atoms with van der Waals surface area (Å²) >= 11 is 1.54. The van der Waals surface area contributed by atoms with Gasteiger partial charge in [0.1, 0.15) is 11.3 Å². The Morgan fingerprint density at radius 2 is 1.75 bits per heavy atom. The minimum absolute atomic E-state index is 0.250. The van der Waals surface area contributed by atoms with Crippen molar-refractivity contribution in [3.8, 4) is 0 Å². The molecule has 1 aromatic heterocycles. The predicted octanol–water partition coefficient (Wildman–Crippen LogP) is 4.63. The van der Waals surface area contributed by atoms with Crippen LogP contribution >= 0.6 is 11.8 Å². The molecule has 1 N–H and O–H groups in total. The summed E-state index contributed by atoms with van der Waals surface area (Å²) in [5.74, 6) is -0.688. The van der Waals surface area contributed by atoms with E-state index < -0.39 is 18.0 Å². The molecular weight excluding hydrogens is 376 g/mol. The lowest BCUT2D eigenvalue weighted by Crippen LogP contribution is -2.30. The highest BCUT2D eigenvalue weighted by Crippen LogP contribution is 2.33. The van der Waals surface area contributed by atoms with Crippen molar-refractivity contribution >= 4 is 29.3 Å². The van der Waals surface area contributed by atoms with E-state index >= 15 is 0 Å². The first-order chi connectivity index (χ1) is 13.5. The molecule has 0 unspecified atom stereocenters. The molecule has 0 spiro atoms. The van der Waals surface area contributed by atoms with Gasteiger partial charge in [0.05, 0.1) is 11.4 Å². The molecule has 0 radical (unpaired) electrons. The van der Waals surface area contributed by atoms with E-state index in [4.69, 9.17) is 9.26 Å². The summed E-state index contributed by atoms with van der Waals surface area (Å²) in [6, 6.07) is 17.3. The van der Waals surface area contributed by atoms with Crippen LogP contribution in [0.2, 0.25) is 0 Å². The molecule has 0 aliphatic heterocycles. The fraction of sp³-hybridized carbons (Fsp3) is 0.190. The summed E-state index contributed by atoms with van der Waals surface area (Å²) in [4.78, 5) is 26.8. The lowest BCUT2D eigenvalue weighted by molar-refractivity contribution is -0.123. The summed E-state index contributed by atoms with van der Waals surface area (Å²) in [6.07, 6.45) is -0.976. The second kappa shape index (κ2) is 8.75. The molecule has 0 saturated carbocycles. The minimum atomic E-state index is -0.976. The maximum Gasteiger partial charge on any atom is 0.344 e. The second-order valence-corrected chi connectivity index (χ2v) is 7.26. The fourth-order valence-electron chi connectivity index (χ4n) is 2.56. The third-order valence-electron chi connectivity index (χ3n) is 4.01. The van der Waals surface area contributed by atoms with E-state index in [-0.39, 0.29) is 5.56 Å². The normalized spacial score (nSPS) is 11.7. The maximum absolute atomic E-state index is 12.6. The number of esters is 1. The Bertz CT molecular complexity index is 966. The number of hydrogen-bond donors (Lipinski definition) is 1. The number of hydrogen-bond acceptors (Lipinski definition) is 6. The van der Waals surface area contributed by atoms with Crippen LogP contribution in [-0.2, 0) is 9.53 Å². The Labute approximate surface area is 167 Å². The van der Waals surface area contributed by atoms with E-state index in [9.17, 15) is 9.59 Å². The fourth-order valence-corrected chi connectivity index (χ4v) is 3.48. The van der Waals surface area contributed by atoms with Gasteiger partial charge in [-0.05, 0) is 45.0 Å². The number of nitrogens with one attached hydrogen (secondary N) is 1. The van der Waals surface area contributed by atoms with Crippen LogP contribution in [0.3, 0.4) is 0 Å². The maximum atomic E-state index is 12.6. The Hall–Kier alpha value is -3.06. The third-order valence-corrected chi connectivity index (χ3v) is 5.09. The number of aromatic nitrogens is 1. The van der Waals surface area contributed by atoms with Gasteiger partial charge in [-0.1, -0.05) is 47.3 Å². The zero-order valence-electron chi connectivity index (χ0n) is 15.8. The van der Waals surface area contributed by atoms with Gasteiger partial charge in [-0.3, -0.25) is 4.79 Å². The molecule has 1 atom stereocenters. The van der Waals surface area contributed by atoms with Gasteiger partial charge in [0, 0.05) is 9.79 Å². The molecule has 1 heterocycles. The molecule has 6 nitrogen and oxygen atoms in total. The number of carbonyl (C=O) groups excluding carboxylic acids is 2. The van der Waals surface area contributed by atoms with Gasteiger partial charge in [-0.25, -0.2) is 4.79 Å². The Kier molecular flexibility index (Phi) is 6.16. The number of rotatable bonds is 6. The zero-order chi connectivity index (χ0) is 20.1. The first kappa shape index (κ1) is 19.7. The van der Waals surface area contributed by atoms with Gasteiger partial charge in [-0.2, -0.15) is 0 Å². The van der Waals surface area contributed by atoms with E-state index in [1.54, 1.807) is 25.6 Å². The SMILES string of the molecule is Cc1noc(C)c1C(=O)O[C@@H](C)C(=O)Nc1ccccc1Sc1ccccc1. The van der Waals surface area contributed by atoms with Crippen LogP contribution in [0.15, 0.2) is 68.9 Å². The van der Waals surface area contributed by atoms with Crippen molar-refractivity contribution in [3.63, 3.8) is 0 Å². The lowest BCUT2D eigenvalue weighted by Gasteiger charge is -2.15. The van der Waals surface area contributed by atoms with Crippen molar-refractivity contribution in [2.45, 2.75) is 36.7 Å². The number of nitrogens with zero attached hydrogens (tertiary/aromatic N) is 1. The molecule has 0 aliphatic rings. The minimum Gasteiger partial charge on any atom is -0.449 e. The number of carbonyl (C=O) groups is 2. The van der Waals surface area contributed by atoms with Gasteiger partial charge in [0.2, 0.25) is 0 Å². The monoisotopic (exact) mass is 396 g/mol. The van der Waals surface area contributed by atoms with Gasteiger partial charge in [0.15, 0.2) is 6.10 Å². The number of ether oxygens (including phenoxy) is 1. The van der Waals surface area contributed by atoms with Crippen molar-refractivity contribution in [3.05, 3.63) is 71.6 Å². The molecule has 0 saturated heterocycles. The van der Waals surface area contributed by atoms with E-state index in [2.05, 4.69) is 10.5 Å². The summed E-state index contributed by atoms with van der Waals surface area (Å²) in [7, 11) is 0. The predicted molar refractivity (Wildman–Crippen MR) is 106 cm³/mol. The number of amides is 1. The van der Waals surface area contributed by atoms with Crippen LogP contribution in [-0.4, -0.2) is 23.1 Å². The zero-order valence-corrected chi connectivity index (χ0v) is 16.6. The summed E-state index contributed by atoms with van der Waals surface area (Å²) in [5.41, 5.74) is 1.33. The second-order valence-electron chi connectivity index (χ2n) is 6.15. The Morgan fingerprint density at radius 3 is 2.43 bits per heavy atom. The number of benzene rings is 2. The van der Waals surface area contributed by atoms with E-state index in [0.717, 1.165) is 9.79 Å². The van der Waals surface area contributed by atoms with E-state index in [1.807, 2.05) is 54.6 Å². The molecule has 3 rings (SSSR count). The van der Waals surface area contributed by atoms with Crippen molar-refractivity contribution in [2.24, 2.45) is 0 Å². The van der Waals surface area contributed by atoms with Crippen molar-refractivity contribution in [1.29, 1.82) is 0 Å². The van der Waals surface area contributed by atoms with Crippen LogP contribution in [0.5, 0.6) is 0 Å². The van der Waals surface area contributed by atoms with E-state index in [0.29, 0.717) is 17.1 Å². The van der Waals surface area contributed by atoms with Gasteiger partial charge in [0.25, 0.3) is 5.91 Å². The molecule has 144 valence electrons. The van der Waals surface area contributed by atoms with Crippen molar-refractivity contribution < 1.29 is 18.8 Å². The smallest absolute Gasteiger partial charge is 0.344 e. The third kappa shape index (κ3) is 4.61. The summed E-state index contributed by atoms with van der Waals surface area (Å²) in [6.45, 7) is 4.80. The van der Waals surface area contributed by atoms with Crippen LogP contribution < -0.4 is 5.32 Å². The Balaban J connectivity index is 1.68. The lowest BCUT2D eigenvalue weighted by atomic mass is 10.2. The largest absolute Gasteiger partial charge is 0.449 e.